The first-order valence-electron chi connectivity index (χ1n) is 9.45. The highest BCUT2D eigenvalue weighted by atomic mass is 16.5. The van der Waals surface area contributed by atoms with Crippen molar-refractivity contribution in [1.82, 2.24) is 10.2 Å². The largest absolute Gasteiger partial charge is 0.497 e. The Balaban J connectivity index is 1.48. The maximum Gasteiger partial charge on any atom is 0.338 e. The molecule has 1 heterocycles. The maximum atomic E-state index is 12.1. The highest BCUT2D eigenvalue weighted by molar-refractivity contribution is 6.05. The maximum absolute atomic E-state index is 12.1. The van der Waals surface area contributed by atoms with E-state index in [4.69, 9.17) is 9.47 Å². The fraction of sp³-hybridized carbons (Fsp3) is 0.227. The molecule has 1 fully saturated rings. The van der Waals surface area contributed by atoms with Crippen molar-refractivity contribution < 1.29 is 33.4 Å². The van der Waals surface area contributed by atoms with E-state index in [2.05, 4.69) is 5.32 Å². The molecule has 160 valence electrons. The smallest absolute Gasteiger partial charge is 0.338 e. The Morgan fingerprint density at radius 1 is 0.903 bits per heavy atom. The first kappa shape index (κ1) is 21.7. The Morgan fingerprint density at radius 3 is 2.06 bits per heavy atom. The fourth-order valence-electron chi connectivity index (χ4n) is 2.92. The van der Waals surface area contributed by atoms with Crippen LogP contribution in [0.5, 0.6) is 5.75 Å². The molecule has 2 aromatic carbocycles. The number of ether oxygens (including phenoxy) is 2. The third-order valence-electron chi connectivity index (χ3n) is 4.62. The van der Waals surface area contributed by atoms with Gasteiger partial charge in [-0.1, -0.05) is 12.1 Å². The molecule has 0 bridgehead atoms. The Kier molecular flexibility index (Phi) is 6.76. The van der Waals surface area contributed by atoms with Crippen molar-refractivity contribution in [3.63, 3.8) is 0 Å². The highest BCUT2D eigenvalue weighted by Crippen LogP contribution is 2.16. The Hall–Kier alpha value is -4.01. The minimum Gasteiger partial charge on any atom is -0.497 e. The van der Waals surface area contributed by atoms with Crippen molar-refractivity contribution in [2.24, 2.45) is 0 Å². The van der Waals surface area contributed by atoms with E-state index in [9.17, 15) is 24.0 Å². The van der Waals surface area contributed by atoms with E-state index < -0.39 is 24.4 Å². The molecule has 9 nitrogen and oxygen atoms in total. The van der Waals surface area contributed by atoms with Gasteiger partial charge in [0.15, 0.2) is 6.61 Å². The summed E-state index contributed by atoms with van der Waals surface area (Å²) in [7, 11) is 1.50. The van der Waals surface area contributed by atoms with Gasteiger partial charge in [0, 0.05) is 18.4 Å². The third-order valence-corrected chi connectivity index (χ3v) is 4.62. The van der Waals surface area contributed by atoms with Crippen LogP contribution in [-0.4, -0.2) is 48.2 Å². The average molecular weight is 424 g/mol. The fourth-order valence-corrected chi connectivity index (χ4v) is 2.92. The lowest BCUT2D eigenvalue weighted by molar-refractivity contribution is -0.139. The molecule has 0 aliphatic carbocycles. The van der Waals surface area contributed by atoms with Gasteiger partial charge in [0.2, 0.25) is 11.8 Å². The molecule has 1 saturated heterocycles. The summed E-state index contributed by atoms with van der Waals surface area (Å²) >= 11 is 0. The lowest BCUT2D eigenvalue weighted by Gasteiger charge is -2.13. The van der Waals surface area contributed by atoms with Gasteiger partial charge < -0.3 is 9.47 Å². The molecule has 0 unspecified atom stereocenters. The lowest BCUT2D eigenvalue weighted by atomic mass is 10.1. The number of esters is 1. The summed E-state index contributed by atoms with van der Waals surface area (Å²) in [4.78, 5) is 60.6. The predicted molar refractivity (Wildman–Crippen MR) is 107 cm³/mol. The van der Waals surface area contributed by atoms with Crippen LogP contribution in [0.1, 0.15) is 39.1 Å². The minimum absolute atomic E-state index is 0.142. The number of rotatable bonds is 7. The van der Waals surface area contributed by atoms with Crippen molar-refractivity contribution in [2.75, 3.05) is 13.7 Å². The summed E-state index contributed by atoms with van der Waals surface area (Å²) in [5.41, 5.74) is 1.13. The van der Waals surface area contributed by atoms with Gasteiger partial charge in [-0.3, -0.25) is 29.4 Å². The van der Waals surface area contributed by atoms with Gasteiger partial charge in [-0.05, 0) is 42.0 Å². The number of carbonyl (C=O) groups excluding carboxylic acids is 5. The first-order valence-corrected chi connectivity index (χ1v) is 9.45. The van der Waals surface area contributed by atoms with Crippen molar-refractivity contribution >= 4 is 29.6 Å². The molecule has 0 atom stereocenters. The summed E-state index contributed by atoms with van der Waals surface area (Å²) in [6, 6.07) is 12.3. The quantitative estimate of drug-likeness (QED) is 0.528. The molecule has 3 rings (SSSR count). The molecular weight excluding hydrogens is 404 g/mol. The normalized spacial score (nSPS) is 13.1. The number of amides is 4. The van der Waals surface area contributed by atoms with Gasteiger partial charge in [-0.15, -0.1) is 0 Å². The molecule has 0 saturated carbocycles. The van der Waals surface area contributed by atoms with Gasteiger partial charge in [-0.2, -0.15) is 0 Å². The zero-order valence-electron chi connectivity index (χ0n) is 16.8. The molecule has 31 heavy (non-hydrogen) atoms. The summed E-state index contributed by atoms with van der Waals surface area (Å²) in [5.74, 6) is -2.00. The van der Waals surface area contributed by atoms with E-state index >= 15 is 0 Å². The van der Waals surface area contributed by atoms with Gasteiger partial charge in [0.25, 0.3) is 11.8 Å². The lowest BCUT2D eigenvalue weighted by Crippen LogP contribution is -2.34. The topological polar surface area (TPSA) is 119 Å². The van der Waals surface area contributed by atoms with E-state index in [-0.39, 0.29) is 42.3 Å². The summed E-state index contributed by atoms with van der Waals surface area (Å²) in [5, 5.41) is 2.13. The minimum atomic E-state index is -0.767. The molecule has 1 aliphatic rings. The van der Waals surface area contributed by atoms with Gasteiger partial charge in [0.1, 0.15) is 5.75 Å². The van der Waals surface area contributed by atoms with Crippen molar-refractivity contribution in [1.29, 1.82) is 0 Å². The molecule has 1 aliphatic heterocycles. The number of nitrogens with zero attached hydrogens (tertiary/aromatic N) is 1. The molecule has 0 spiro atoms. The van der Waals surface area contributed by atoms with Gasteiger partial charge in [0.05, 0.1) is 19.2 Å². The number of hydrogen-bond acceptors (Lipinski definition) is 7. The van der Waals surface area contributed by atoms with Crippen LogP contribution in [0.4, 0.5) is 0 Å². The molecule has 4 amide bonds. The Morgan fingerprint density at radius 2 is 1.48 bits per heavy atom. The Labute approximate surface area is 177 Å². The summed E-state index contributed by atoms with van der Waals surface area (Å²) in [6.07, 6.45) is 0.429. The molecule has 0 radical (unpaired) electrons. The van der Waals surface area contributed by atoms with Crippen LogP contribution in [0.15, 0.2) is 48.5 Å². The second-order valence-corrected chi connectivity index (χ2v) is 6.75. The van der Waals surface area contributed by atoms with Crippen LogP contribution in [0.2, 0.25) is 0 Å². The second-order valence-electron chi connectivity index (χ2n) is 6.75. The van der Waals surface area contributed by atoms with Crippen LogP contribution >= 0.6 is 0 Å². The van der Waals surface area contributed by atoms with Crippen molar-refractivity contribution in [3.8, 4) is 5.75 Å². The number of carbonyl (C=O) groups is 5. The van der Waals surface area contributed by atoms with Crippen LogP contribution in [-0.2, 0) is 25.7 Å². The van der Waals surface area contributed by atoms with E-state index in [1.807, 2.05) is 0 Å². The number of hydrogen-bond donors (Lipinski definition) is 1. The summed E-state index contributed by atoms with van der Waals surface area (Å²) < 4.78 is 9.93. The first-order chi connectivity index (χ1) is 14.9. The number of imide groups is 2. The van der Waals surface area contributed by atoms with Crippen molar-refractivity contribution in [3.05, 3.63) is 65.2 Å². The van der Waals surface area contributed by atoms with Crippen molar-refractivity contribution in [2.45, 2.75) is 19.4 Å². The zero-order chi connectivity index (χ0) is 22.4. The predicted octanol–water partition coefficient (Wildman–Crippen LogP) is 1.46. The van der Waals surface area contributed by atoms with Gasteiger partial charge in [-0.25, -0.2) is 4.79 Å². The van der Waals surface area contributed by atoms with Gasteiger partial charge >= 0.3 is 5.97 Å². The molecule has 9 heteroatoms. The molecule has 1 N–H and O–H groups in total. The number of nitrogens with one attached hydrogen (secondary N) is 1. The van der Waals surface area contributed by atoms with Crippen LogP contribution in [0, 0.1) is 0 Å². The van der Waals surface area contributed by atoms with E-state index in [1.165, 1.54) is 36.3 Å². The highest BCUT2D eigenvalue weighted by Gasteiger charge is 2.28. The molecular formula is C22H20N2O7. The average Bonchev–Trinajstić information content (AvgIpc) is 3.10. The van der Waals surface area contributed by atoms with E-state index in [0.717, 1.165) is 0 Å². The molecule has 0 aromatic heterocycles. The SMILES string of the molecule is COc1ccc(C(=O)NC(=O)COC(=O)c2ccc(CN3C(=O)CCC3=O)cc2)cc1. The number of methoxy groups -OCH3 is 1. The molecule has 2 aromatic rings. The second kappa shape index (κ2) is 9.66. The van der Waals surface area contributed by atoms with Crippen LogP contribution < -0.4 is 10.1 Å². The third kappa shape index (κ3) is 5.53. The zero-order valence-corrected chi connectivity index (χ0v) is 16.8. The van der Waals surface area contributed by atoms with Crippen LogP contribution in [0.3, 0.4) is 0 Å². The standard InChI is InChI=1S/C22H20N2O7/c1-30-17-8-6-15(7-9-17)21(28)23-18(25)13-31-22(29)16-4-2-14(3-5-16)12-24-19(26)10-11-20(24)27/h2-9H,10-13H2,1H3,(H,23,25,28). The Bertz CT molecular complexity index is 997. The van der Waals surface area contributed by atoms with E-state index in [1.54, 1.807) is 24.3 Å². The van der Waals surface area contributed by atoms with Crippen LogP contribution in [0.25, 0.3) is 0 Å². The van der Waals surface area contributed by atoms with E-state index in [0.29, 0.717) is 11.3 Å². The monoisotopic (exact) mass is 424 g/mol. The number of benzene rings is 2. The number of likely N-dealkylation sites (tertiary alicyclic amines) is 1. The summed E-state index contributed by atoms with van der Waals surface area (Å²) in [6.45, 7) is -0.484.